The van der Waals surface area contributed by atoms with Crippen LogP contribution in [0.25, 0.3) is 0 Å². The molecule has 2 saturated heterocycles. The Morgan fingerprint density at radius 2 is 2.00 bits per heavy atom. The van der Waals surface area contributed by atoms with Gasteiger partial charge in [0.15, 0.2) is 0 Å². The van der Waals surface area contributed by atoms with Crippen molar-refractivity contribution in [2.45, 2.75) is 25.8 Å². The van der Waals surface area contributed by atoms with E-state index in [-0.39, 0.29) is 0 Å². The third-order valence-corrected chi connectivity index (χ3v) is 3.83. The second-order valence-electron chi connectivity index (χ2n) is 5.03. The quantitative estimate of drug-likeness (QED) is 0.674. The van der Waals surface area contributed by atoms with Crippen LogP contribution >= 0.6 is 0 Å². The lowest BCUT2D eigenvalue weighted by atomic mass is 10.1. The molecule has 2 rings (SSSR count). The zero-order valence-corrected chi connectivity index (χ0v) is 11.4. The number of piperazine rings is 1. The summed E-state index contributed by atoms with van der Waals surface area (Å²) in [5.41, 5.74) is 0. The Kier molecular flexibility index (Phi) is 5.41. The van der Waals surface area contributed by atoms with E-state index in [0.717, 1.165) is 52.3 Å². The first-order valence-corrected chi connectivity index (χ1v) is 7.11. The first-order valence-electron chi connectivity index (χ1n) is 7.11. The molecule has 104 valence electrons. The minimum Gasteiger partial charge on any atom is -0.382 e. The molecule has 0 aromatic carbocycles. The summed E-state index contributed by atoms with van der Waals surface area (Å²) in [6.45, 7) is 9.50. The number of carbonyl (C=O) groups excluding carboxylic acids is 1. The largest absolute Gasteiger partial charge is 0.382 e. The predicted octanol–water partition coefficient (Wildman–Crippen LogP) is -0.0809. The molecule has 1 amide bonds. The summed E-state index contributed by atoms with van der Waals surface area (Å²) in [6.07, 6.45) is 1.48. The molecule has 0 spiro atoms. The van der Waals surface area contributed by atoms with Gasteiger partial charge in [0, 0.05) is 64.9 Å². The molecule has 0 atom stereocenters. The standard InChI is InChI=1S/C13H25N3O2/c1-2-18-9-3-4-13(17)16-7-5-15(6-8-16)12-10-14-11-12/h12,14H,2-11H2,1H3. The van der Waals surface area contributed by atoms with Crippen LogP contribution in [0.5, 0.6) is 0 Å². The minimum absolute atomic E-state index is 0.293. The average molecular weight is 255 g/mol. The van der Waals surface area contributed by atoms with Gasteiger partial charge in [-0.15, -0.1) is 0 Å². The van der Waals surface area contributed by atoms with Crippen LogP contribution in [0.3, 0.4) is 0 Å². The number of hydrogen-bond acceptors (Lipinski definition) is 4. The van der Waals surface area contributed by atoms with Gasteiger partial charge >= 0.3 is 0 Å². The zero-order valence-electron chi connectivity index (χ0n) is 11.4. The molecule has 0 unspecified atom stereocenters. The second kappa shape index (κ2) is 7.07. The van der Waals surface area contributed by atoms with Crippen molar-refractivity contribution in [3.8, 4) is 0 Å². The van der Waals surface area contributed by atoms with Gasteiger partial charge in [0.05, 0.1) is 0 Å². The highest BCUT2D eigenvalue weighted by Crippen LogP contribution is 2.10. The summed E-state index contributed by atoms with van der Waals surface area (Å²) in [7, 11) is 0. The Labute approximate surface area is 109 Å². The van der Waals surface area contributed by atoms with Crippen LogP contribution in [-0.2, 0) is 9.53 Å². The number of ether oxygens (including phenoxy) is 1. The van der Waals surface area contributed by atoms with Gasteiger partial charge in [0.1, 0.15) is 0 Å². The Morgan fingerprint density at radius 1 is 1.28 bits per heavy atom. The Hall–Kier alpha value is -0.650. The van der Waals surface area contributed by atoms with Crippen LogP contribution in [0.2, 0.25) is 0 Å². The highest BCUT2D eigenvalue weighted by atomic mass is 16.5. The van der Waals surface area contributed by atoms with Gasteiger partial charge in [-0.1, -0.05) is 0 Å². The maximum absolute atomic E-state index is 12.0. The number of rotatable bonds is 6. The monoisotopic (exact) mass is 255 g/mol. The van der Waals surface area contributed by atoms with E-state index >= 15 is 0 Å². The molecule has 0 bridgehead atoms. The Bertz CT molecular complexity index is 261. The molecule has 1 N–H and O–H groups in total. The van der Waals surface area contributed by atoms with Gasteiger partial charge in [-0.05, 0) is 13.3 Å². The van der Waals surface area contributed by atoms with Crippen molar-refractivity contribution in [2.24, 2.45) is 0 Å². The first-order chi connectivity index (χ1) is 8.81. The van der Waals surface area contributed by atoms with E-state index in [1.165, 1.54) is 0 Å². The van der Waals surface area contributed by atoms with Crippen molar-refractivity contribution >= 4 is 5.91 Å². The molecule has 18 heavy (non-hydrogen) atoms. The normalized spacial score (nSPS) is 21.9. The number of amides is 1. The van der Waals surface area contributed by atoms with Gasteiger partial charge in [0.2, 0.25) is 5.91 Å². The van der Waals surface area contributed by atoms with Crippen molar-refractivity contribution in [2.75, 3.05) is 52.5 Å². The fraction of sp³-hybridized carbons (Fsp3) is 0.923. The van der Waals surface area contributed by atoms with Crippen molar-refractivity contribution in [3.63, 3.8) is 0 Å². The van der Waals surface area contributed by atoms with Crippen LogP contribution in [-0.4, -0.2) is 74.2 Å². The second-order valence-corrected chi connectivity index (χ2v) is 5.03. The number of hydrogen-bond donors (Lipinski definition) is 1. The van der Waals surface area contributed by atoms with Crippen LogP contribution in [0, 0.1) is 0 Å². The fourth-order valence-corrected chi connectivity index (χ4v) is 2.50. The van der Waals surface area contributed by atoms with Crippen molar-refractivity contribution < 1.29 is 9.53 Å². The molecule has 5 nitrogen and oxygen atoms in total. The lowest BCUT2D eigenvalue weighted by Crippen LogP contribution is -2.62. The molecule has 0 aliphatic carbocycles. The molecular formula is C13H25N3O2. The summed E-state index contributed by atoms with van der Waals surface area (Å²) in [5.74, 6) is 0.293. The van der Waals surface area contributed by atoms with Gasteiger partial charge in [-0.25, -0.2) is 0 Å². The lowest BCUT2D eigenvalue weighted by Gasteiger charge is -2.43. The molecule has 2 aliphatic rings. The molecule has 0 radical (unpaired) electrons. The molecule has 0 saturated carbocycles. The topological polar surface area (TPSA) is 44.8 Å². The number of carbonyl (C=O) groups is 1. The average Bonchev–Trinajstić information content (AvgIpc) is 2.33. The summed E-state index contributed by atoms with van der Waals surface area (Å²) >= 11 is 0. The van der Waals surface area contributed by atoms with E-state index in [2.05, 4.69) is 10.2 Å². The van der Waals surface area contributed by atoms with E-state index in [1.54, 1.807) is 0 Å². The Morgan fingerprint density at radius 3 is 2.56 bits per heavy atom. The summed E-state index contributed by atoms with van der Waals surface area (Å²) in [6, 6.07) is 0.709. The minimum atomic E-state index is 0.293. The van der Waals surface area contributed by atoms with E-state index in [4.69, 9.17) is 4.74 Å². The van der Waals surface area contributed by atoms with Gasteiger partial charge in [-0.2, -0.15) is 0 Å². The highest BCUT2D eigenvalue weighted by molar-refractivity contribution is 5.76. The maximum Gasteiger partial charge on any atom is 0.222 e. The van der Waals surface area contributed by atoms with Gasteiger partial charge < -0.3 is 15.0 Å². The van der Waals surface area contributed by atoms with Crippen molar-refractivity contribution in [1.29, 1.82) is 0 Å². The molecule has 2 fully saturated rings. The van der Waals surface area contributed by atoms with E-state index in [9.17, 15) is 4.79 Å². The van der Waals surface area contributed by atoms with Gasteiger partial charge in [0.25, 0.3) is 0 Å². The fourth-order valence-electron chi connectivity index (χ4n) is 2.50. The molecular weight excluding hydrogens is 230 g/mol. The van der Waals surface area contributed by atoms with E-state index < -0.39 is 0 Å². The van der Waals surface area contributed by atoms with Crippen LogP contribution < -0.4 is 5.32 Å². The van der Waals surface area contributed by atoms with Gasteiger partial charge in [-0.3, -0.25) is 9.69 Å². The molecule has 0 aromatic heterocycles. The molecule has 5 heteroatoms. The third kappa shape index (κ3) is 3.67. The smallest absolute Gasteiger partial charge is 0.222 e. The number of nitrogens with zero attached hydrogens (tertiary/aromatic N) is 2. The molecule has 2 heterocycles. The van der Waals surface area contributed by atoms with Crippen molar-refractivity contribution in [3.05, 3.63) is 0 Å². The highest BCUT2D eigenvalue weighted by Gasteiger charge is 2.28. The predicted molar refractivity (Wildman–Crippen MR) is 70.5 cm³/mol. The maximum atomic E-state index is 12.0. The van der Waals surface area contributed by atoms with Crippen LogP contribution in [0.4, 0.5) is 0 Å². The Balaban J connectivity index is 1.60. The lowest BCUT2D eigenvalue weighted by molar-refractivity contribution is -0.133. The SMILES string of the molecule is CCOCCCC(=O)N1CCN(C2CNC2)CC1. The third-order valence-electron chi connectivity index (χ3n) is 3.83. The first kappa shape index (κ1) is 13.8. The van der Waals surface area contributed by atoms with E-state index in [0.29, 0.717) is 25.0 Å². The van der Waals surface area contributed by atoms with Crippen LogP contribution in [0.1, 0.15) is 19.8 Å². The van der Waals surface area contributed by atoms with E-state index in [1.807, 2.05) is 11.8 Å². The van der Waals surface area contributed by atoms with Crippen LogP contribution in [0.15, 0.2) is 0 Å². The molecule has 0 aromatic rings. The zero-order chi connectivity index (χ0) is 12.8. The summed E-state index contributed by atoms with van der Waals surface area (Å²) in [5, 5.41) is 3.30. The summed E-state index contributed by atoms with van der Waals surface area (Å²) < 4.78 is 5.26. The summed E-state index contributed by atoms with van der Waals surface area (Å²) in [4.78, 5) is 16.5. The molecule has 2 aliphatic heterocycles. The number of nitrogens with one attached hydrogen (secondary N) is 1. The van der Waals surface area contributed by atoms with Crippen molar-refractivity contribution in [1.82, 2.24) is 15.1 Å².